The van der Waals surface area contributed by atoms with Crippen LogP contribution in [0, 0.1) is 5.92 Å². The average molecular weight is 587 g/mol. The smallest absolute Gasteiger partial charge is 0.242 e. The maximum absolute atomic E-state index is 13.3. The molecule has 0 saturated heterocycles. The number of hydrogen-bond acceptors (Lipinski definition) is 4. The van der Waals surface area contributed by atoms with Gasteiger partial charge in [-0.15, -0.1) is 0 Å². The van der Waals surface area contributed by atoms with E-state index in [1.807, 2.05) is 38.1 Å². The molecule has 2 amide bonds. The maximum atomic E-state index is 13.3. The van der Waals surface area contributed by atoms with Crippen molar-refractivity contribution in [1.82, 2.24) is 10.2 Å². The highest BCUT2D eigenvalue weighted by Crippen LogP contribution is 2.22. The molecule has 0 spiro atoms. The van der Waals surface area contributed by atoms with Crippen LogP contribution in [0.5, 0.6) is 0 Å². The Morgan fingerprint density at radius 1 is 1.09 bits per heavy atom. The Hall–Kier alpha value is -2.10. The second kappa shape index (κ2) is 13.3. The van der Waals surface area contributed by atoms with Crippen LogP contribution in [0.2, 0.25) is 5.02 Å². The standard InChI is InChI=1S/C25H33BrClN3O4S/c1-18(2)16-28-25(32)19(3)29(17-20-7-5-8-21(26)15-20)24(31)9-6-14-30(35(4,33)34)23-12-10-22(27)11-13-23/h5,7-8,10-13,15,18-19H,6,9,14,16-17H2,1-4H3,(H,28,32)/t19-/m1/s1. The van der Waals surface area contributed by atoms with Gasteiger partial charge in [0.25, 0.3) is 0 Å². The van der Waals surface area contributed by atoms with Crippen LogP contribution in [-0.4, -0.2) is 50.5 Å². The van der Waals surface area contributed by atoms with Crippen molar-refractivity contribution < 1.29 is 18.0 Å². The van der Waals surface area contributed by atoms with Crippen LogP contribution in [-0.2, 0) is 26.2 Å². The van der Waals surface area contributed by atoms with Crippen LogP contribution in [0.4, 0.5) is 5.69 Å². The van der Waals surface area contributed by atoms with Gasteiger partial charge < -0.3 is 10.2 Å². The van der Waals surface area contributed by atoms with Crippen LogP contribution >= 0.6 is 27.5 Å². The summed E-state index contributed by atoms with van der Waals surface area (Å²) in [4.78, 5) is 27.6. The van der Waals surface area contributed by atoms with E-state index < -0.39 is 16.1 Å². The zero-order chi connectivity index (χ0) is 26.2. The van der Waals surface area contributed by atoms with Gasteiger partial charge in [0.15, 0.2) is 0 Å². The highest BCUT2D eigenvalue weighted by Gasteiger charge is 2.26. The Kier molecular flexibility index (Phi) is 11.0. The van der Waals surface area contributed by atoms with Gasteiger partial charge in [-0.3, -0.25) is 13.9 Å². The van der Waals surface area contributed by atoms with Gasteiger partial charge in [0.1, 0.15) is 6.04 Å². The van der Waals surface area contributed by atoms with Crippen molar-refractivity contribution >= 4 is 55.1 Å². The highest BCUT2D eigenvalue weighted by molar-refractivity contribution is 9.10. The van der Waals surface area contributed by atoms with Crippen LogP contribution in [0.25, 0.3) is 0 Å². The van der Waals surface area contributed by atoms with Crippen LogP contribution in [0.3, 0.4) is 0 Å². The lowest BCUT2D eigenvalue weighted by molar-refractivity contribution is -0.140. The van der Waals surface area contributed by atoms with Crippen LogP contribution < -0.4 is 9.62 Å². The topological polar surface area (TPSA) is 86.8 Å². The average Bonchev–Trinajstić information content (AvgIpc) is 2.78. The molecule has 0 heterocycles. The summed E-state index contributed by atoms with van der Waals surface area (Å²) in [6.45, 7) is 6.63. The molecular formula is C25H33BrClN3O4S. The molecule has 35 heavy (non-hydrogen) atoms. The number of halogens is 2. The Labute approximate surface area is 222 Å². The summed E-state index contributed by atoms with van der Waals surface area (Å²) in [7, 11) is -3.55. The molecule has 1 N–H and O–H groups in total. The van der Waals surface area contributed by atoms with E-state index in [1.165, 1.54) is 4.31 Å². The summed E-state index contributed by atoms with van der Waals surface area (Å²) in [5.41, 5.74) is 1.37. The first-order valence-electron chi connectivity index (χ1n) is 11.4. The van der Waals surface area contributed by atoms with Crippen molar-refractivity contribution in [3.05, 3.63) is 63.6 Å². The first-order valence-corrected chi connectivity index (χ1v) is 14.4. The van der Waals surface area contributed by atoms with Gasteiger partial charge in [-0.05, 0) is 61.2 Å². The molecule has 0 radical (unpaired) electrons. The molecule has 2 aromatic rings. The minimum Gasteiger partial charge on any atom is -0.354 e. The molecular weight excluding hydrogens is 554 g/mol. The number of nitrogens with zero attached hydrogens (tertiary/aromatic N) is 2. The van der Waals surface area contributed by atoms with Gasteiger partial charge in [-0.1, -0.05) is 53.5 Å². The molecule has 0 saturated carbocycles. The molecule has 0 bridgehead atoms. The lowest BCUT2D eigenvalue weighted by Crippen LogP contribution is -2.48. The van der Waals surface area contributed by atoms with E-state index in [1.54, 1.807) is 36.1 Å². The number of anilines is 1. The molecule has 2 aromatic carbocycles. The number of amides is 2. The third kappa shape index (κ3) is 9.46. The van der Waals surface area contributed by atoms with Gasteiger partial charge in [0, 0.05) is 35.6 Å². The molecule has 0 aliphatic rings. The van der Waals surface area contributed by atoms with Crippen molar-refractivity contribution in [2.45, 2.75) is 46.2 Å². The van der Waals surface area contributed by atoms with Gasteiger partial charge in [0.05, 0.1) is 11.9 Å². The molecule has 10 heteroatoms. The normalized spacial score (nSPS) is 12.3. The van der Waals surface area contributed by atoms with E-state index >= 15 is 0 Å². The quantitative estimate of drug-likeness (QED) is 0.386. The SMILES string of the molecule is CC(C)CNC(=O)[C@@H](C)N(Cc1cccc(Br)c1)C(=O)CCCN(c1ccc(Cl)cc1)S(C)(=O)=O. The lowest BCUT2D eigenvalue weighted by Gasteiger charge is -2.29. The monoisotopic (exact) mass is 585 g/mol. The first-order chi connectivity index (χ1) is 16.4. The second-order valence-corrected chi connectivity index (χ2v) is 12.1. The number of benzene rings is 2. The van der Waals surface area contributed by atoms with Gasteiger partial charge in [-0.2, -0.15) is 0 Å². The fourth-order valence-corrected chi connectivity index (χ4v) is 5.02. The number of carbonyl (C=O) groups is 2. The van der Waals surface area contributed by atoms with Gasteiger partial charge in [0.2, 0.25) is 21.8 Å². The van der Waals surface area contributed by atoms with Crippen molar-refractivity contribution in [1.29, 1.82) is 0 Å². The summed E-state index contributed by atoms with van der Waals surface area (Å²) in [5.74, 6) is -0.155. The van der Waals surface area contributed by atoms with Gasteiger partial charge in [-0.25, -0.2) is 8.42 Å². The predicted molar refractivity (Wildman–Crippen MR) is 145 cm³/mol. The maximum Gasteiger partial charge on any atom is 0.242 e. The Bertz CT molecular complexity index is 1110. The molecule has 0 unspecified atom stereocenters. The summed E-state index contributed by atoms with van der Waals surface area (Å²) in [6.07, 6.45) is 1.52. The molecule has 7 nitrogen and oxygen atoms in total. The number of nitrogens with one attached hydrogen (secondary N) is 1. The Morgan fingerprint density at radius 2 is 1.74 bits per heavy atom. The van der Waals surface area contributed by atoms with E-state index in [9.17, 15) is 18.0 Å². The van der Waals surface area contributed by atoms with E-state index in [4.69, 9.17) is 11.6 Å². The van der Waals surface area contributed by atoms with Crippen molar-refractivity contribution in [3.63, 3.8) is 0 Å². The lowest BCUT2D eigenvalue weighted by atomic mass is 10.1. The number of rotatable bonds is 12. The summed E-state index contributed by atoms with van der Waals surface area (Å²) in [6, 6.07) is 13.4. The molecule has 1 atom stereocenters. The van der Waals surface area contributed by atoms with E-state index in [0.717, 1.165) is 16.3 Å². The molecule has 0 aliphatic carbocycles. The van der Waals surface area contributed by atoms with Crippen molar-refractivity contribution in [2.75, 3.05) is 23.7 Å². The minimum atomic E-state index is -3.55. The summed E-state index contributed by atoms with van der Waals surface area (Å²) >= 11 is 9.37. The largest absolute Gasteiger partial charge is 0.354 e. The zero-order valence-electron chi connectivity index (χ0n) is 20.5. The Balaban J connectivity index is 2.15. The molecule has 0 fully saturated rings. The minimum absolute atomic E-state index is 0.0927. The van der Waals surface area contributed by atoms with Crippen LogP contribution in [0.15, 0.2) is 53.0 Å². The highest BCUT2D eigenvalue weighted by atomic mass is 79.9. The fourth-order valence-electron chi connectivity index (χ4n) is 3.48. The number of carbonyl (C=O) groups excluding carboxylic acids is 2. The van der Waals surface area contributed by atoms with Crippen molar-refractivity contribution in [3.8, 4) is 0 Å². The van der Waals surface area contributed by atoms with E-state index in [2.05, 4.69) is 21.2 Å². The van der Waals surface area contributed by atoms with E-state index in [0.29, 0.717) is 23.7 Å². The molecule has 2 rings (SSSR count). The second-order valence-electron chi connectivity index (χ2n) is 8.88. The van der Waals surface area contributed by atoms with E-state index in [-0.39, 0.29) is 37.2 Å². The molecule has 0 aromatic heterocycles. The third-order valence-corrected chi connectivity index (χ3v) is 7.30. The summed E-state index contributed by atoms with van der Waals surface area (Å²) in [5, 5.41) is 3.40. The zero-order valence-corrected chi connectivity index (χ0v) is 23.7. The van der Waals surface area contributed by atoms with Crippen LogP contribution in [0.1, 0.15) is 39.2 Å². The Morgan fingerprint density at radius 3 is 2.31 bits per heavy atom. The molecule has 192 valence electrons. The molecule has 0 aliphatic heterocycles. The first kappa shape index (κ1) is 29.1. The third-order valence-electron chi connectivity index (χ3n) is 5.36. The number of sulfonamides is 1. The predicted octanol–water partition coefficient (Wildman–Crippen LogP) is 4.84. The number of hydrogen-bond donors (Lipinski definition) is 1. The van der Waals surface area contributed by atoms with Crippen molar-refractivity contribution in [2.24, 2.45) is 5.92 Å². The fraction of sp³-hybridized carbons (Fsp3) is 0.440. The summed E-state index contributed by atoms with van der Waals surface area (Å²) < 4.78 is 26.9. The van der Waals surface area contributed by atoms with Gasteiger partial charge >= 0.3 is 0 Å².